The predicted octanol–water partition coefficient (Wildman–Crippen LogP) is 4.55. The lowest BCUT2D eigenvalue weighted by Crippen LogP contribution is -2.23. The van der Waals surface area contributed by atoms with Crippen molar-refractivity contribution in [3.05, 3.63) is 89.0 Å². The van der Waals surface area contributed by atoms with Gasteiger partial charge in [-0.2, -0.15) is 0 Å². The molecule has 0 unspecified atom stereocenters. The maximum atomic E-state index is 12.9. The minimum atomic E-state index is -0.308. The van der Waals surface area contributed by atoms with E-state index in [1.807, 2.05) is 18.2 Å². The Bertz CT molecular complexity index is 884. The van der Waals surface area contributed by atoms with Gasteiger partial charge in [-0.05, 0) is 35.9 Å². The Morgan fingerprint density at radius 3 is 2.60 bits per heavy atom. The number of hydrogen-bond acceptors (Lipinski definition) is 3. The third-order valence-electron chi connectivity index (χ3n) is 3.52. The number of pyridine rings is 1. The Hall–Kier alpha value is -2.92. The number of hydrogen-bond donors (Lipinski definition) is 2. The van der Waals surface area contributed by atoms with Crippen molar-refractivity contribution in [2.24, 2.45) is 0 Å². The second-order valence-corrected chi connectivity index (χ2v) is 5.78. The van der Waals surface area contributed by atoms with Crippen molar-refractivity contribution in [3.63, 3.8) is 0 Å². The molecule has 0 aliphatic carbocycles. The summed E-state index contributed by atoms with van der Waals surface area (Å²) in [6, 6.07) is 15.0. The van der Waals surface area contributed by atoms with Gasteiger partial charge in [0.05, 0.1) is 28.2 Å². The lowest BCUT2D eigenvalue weighted by molar-refractivity contribution is 0.0950. The van der Waals surface area contributed by atoms with Crippen molar-refractivity contribution in [1.29, 1.82) is 0 Å². The molecule has 0 aliphatic heterocycles. The molecule has 0 fully saturated rings. The van der Waals surface area contributed by atoms with Crippen LogP contribution in [0.1, 0.15) is 15.9 Å². The summed E-state index contributed by atoms with van der Waals surface area (Å²) < 4.78 is 12.9. The van der Waals surface area contributed by atoms with Crippen molar-refractivity contribution in [1.82, 2.24) is 10.3 Å². The van der Waals surface area contributed by atoms with Crippen LogP contribution in [0.3, 0.4) is 0 Å². The number of nitrogens with one attached hydrogen (secondary N) is 2. The van der Waals surface area contributed by atoms with E-state index in [1.54, 1.807) is 30.5 Å². The van der Waals surface area contributed by atoms with Gasteiger partial charge in [0, 0.05) is 12.7 Å². The Balaban J connectivity index is 1.67. The van der Waals surface area contributed by atoms with Crippen LogP contribution in [0, 0.1) is 5.82 Å². The molecule has 0 saturated carbocycles. The highest BCUT2D eigenvalue weighted by molar-refractivity contribution is 6.33. The Labute approximate surface area is 149 Å². The smallest absolute Gasteiger partial charge is 0.253 e. The number of aromatic nitrogens is 1. The van der Waals surface area contributed by atoms with Crippen LogP contribution in [0.15, 0.2) is 67.0 Å². The molecule has 126 valence electrons. The van der Waals surface area contributed by atoms with Gasteiger partial charge in [0.15, 0.2) is 0 Å². The molecule has 0 radical (unpaired) electrons. The summed E-state index contributed by atoms with van der Waals surface area (Å²) in [4.78, 5) is 16.4. The number of carbonyl (C=O) groups excluding carboxylic acids is 1. The van der Waals surface area contributed by atoms with Crippen LogP contribution in [-0.2, 0) is 6.54 Å². The van der Waals surface area contributed by atoms with E-state index in [4.69, 9.17) is 11.6 Å². The van der Waals surface area contributed by atoms with Gasteiger partial charge < -0.3 is 10.6 Å². The highest BCUT2D eigenvalue weighted by Gasteiger charge is 2.08. The molecule has 6 heteroatoms. The number of amides is 1. The second-order valence-electron chi connectivity index (χ2n) is 5.38. The van der Waals surface area contributed by atoms with Crippen molar-refractivity contribution < 1.29 is 9.18 Å². The number of carbonyl (C=O) groups is 1. The highest BCUT2D eigenvalue weighted by atomic mass is 35.5. The van der Waals surface area contributed by atoms with E-state index in [0.717, 1.165) is 11.3 Å². The number of benzene rings is 2. The number of halogens is 2. The first-order valence-corrected chi connectivity index (χ1v) is 7.99. The maximum absolute atomic E-state index is 12.9. The lowest BCUT2D eigenvalue weighted by Gasteiger charge is -2.10. The fourth-order valence-electron chi connectivity index (χ4n) is 2.24. The molecule has 25 heavy (non-hydrogen) atoms. The van der Waals surface area contributed by atoms with E-state index in [1.165, 1.54) is 18.3 Å². The normalized spacial score (nSPS) is 10.3. The van der Waals surface area contributed by atoms with Crippen LogP contribution in [0.5, 0.6) is 0 Å². The SMILES string of the molecule is O=C(NCc1ccc(F)cc1)c1cncc(Nc2ccccc2Cl)c1. The van der Waals surface area contributed by atoms with Gasteiger partial charge in [0.2, 0.25) is 0 Å². The molecule has 0 spiro atoms. The summed E-state index contributed by atoms with van der Waals surface area (Å²) >= 11 is 6.12. The van der Waals surface area contributed by atoms with Gasteiger partial charge in [-0.15, -0.1) is 0 Å². The molecule has 0 aliphatic rings. The van der Waals surface area contributed by atoms with Crippen molar-refractivity contribution in [3.8, 4) is 0 Å². The zero-order valence-electron chi connectivity index (χ0n) is 13.2. The molecule has 0 atom stereocenters. The fraction of sp³-hybridized carbons (Fsp3) is 0.0526. The van der Waals surface area contributed by atoms with Crippen molar-refractivity contribution >= 4 is 28.9 Å². The third kappa shape index (κ3) is 4.55. The standard InChI is InChI=1S/C19H15ClFN3O/c20-17-3-1-2-4-18(17)24-16-9-14(11-22-12-16)19(25)23-10-13-5-7-15(21)8-6-13/h1-9,11-12,24H,10H2,(H,23,25). The molecule has 4 nitrogen and oxygen atoms in total. The van der Waals surface area contributed by atoms with Gasteiger partial charge >= 0.3 is 0 Å². The van der Waals surface area contributed by atoms with Crippen molar-refractivity contribution in [2.75, 3.05) is 5.32 Å². The first-order valence-electron chi connectivity index (χ1n) is 7.61. The lowest BCUT2D eigenvalue weighted by atomic mass is 10.2. The molecule has 2 aromatic carbocycles. The van der Waals surface area contributed by atoms with Crippen LogP contribution in [0.25, 0.3) is 0 Å². The van der Waals surface area contributed by atoms with E-state index < -0.39 is 0 Å². The number of nitrogens with zero attached hydrogens (tertiary/aromatic N) is 1. The third-order valence-corrected chi connectivity index (χ3v) is 3.85. The van der Waals surface area contributed by atoms with Gasteiger partial charge in [-0.25, -0.2) is 4.39 Å². The van der Waals surface area contributed by atoms with Gasteiger partial charge in [-0.1, -0.05) is 35.9 Å². The van der Waals surface area contributed by atoms with E-state index >= 15 is 0 Å². The number of para-hydroxylation sites is 1. The molecule has 1 aromatic heterocycles. The van der Waals surface area contributed by atoms with Gasteiger partial charge in [-0.3, -0.25) is 9.78 Å². The number of anilines is 2. The minimum absolute atomic E-state index is 0.264. The zero-order chi connectivity index (χ0) is 17.6. The molecular weight excluding hydrogens is 341 g/mol. The first-order chi connectivity index (χ1) is 12.1. The summed E-state index contributed by atoms with van der Waals surface area (Å²) in [6.45, 7) is 0.307. The second kappa shape index (κ2) is 7.77. The average molecular weight is 356 g/mol. The molecule has 0 saturated heterocycles. The van der Waals surface area contributed by atoms with E-state index in [0.29, 0.717) is 22.8 Å². The van der Waals surface area contributed by atoms with Crippen LogP contribution in [0.2, 0.25) is 5.02 Å². The molecule has 2 N–H and O–H groups in total. The van der Waals surface area contributed by atoms with Crippen molar-refractivity contribution in [2.45, 2.75) is 6.54 Å². The summed E-state index contributed by atoms with van der Waals surface area (Å²) in [6.07, 6.45) is 3.10. The van der Waals surface area contributed by atoms with E-state index in [9.17, 15) is 9.18 Å². The monoisotopic (exact) mass is 355 g/mol. The fourth-order valence-corrected chi connectivity index (χ4v) is 2.42. The topological polar surface area (TPSA) is 54.0 Å². The van der Waals surface area contributed by atoms with E-state index in [-0.39, 0.29) is 11.7 Å². The predicted molar refractivity (Wildman–Crippen MR) is 96.5 cm³/mol. The van der Waals surface area contributed by atoms with Crippen LogP contribution >= 0.6 is 11.6 Å². The van der Waals surface area contributed by atoms with Crippen LogP contribution in [0.4, 0.5) is 15.8 Å². The Kier molecular flexibility index (Phi) is 5.26. The van der Waals surface area contributed by atoms with Crippen LogP contribution in [-0.4, -0.2) is 10.9 Å². The Morgan fingerprint density at radius 2 is 1.84 bits per heavy atom. The summed E-state index contributed by atoms with van der Waals surface area (Å²) in [7, 11) is 0. The summed E-state index contributed by atoms with van der Waals surface area (Å²) in [5, 5.41) is 6.49. The minimum Gasteiger partial charge on any atom is -0.353 e. The number of rotatable bonds is 5. The van der Waals surface area contributed by atoms with Gasteiger partial charge in [0.25, 0.3) is 5.91 Å². The molecule has 3 rings (SSSR count). The molecule has 1 heterocycles. The maximum Gasteiger partial charge on any atom is 0.253 e. The average Bonchev–Trinajstić information content (AvgIpc) is 2.63. The largest absolute Gasteiger partial charge is 0.353 e. The Morgan fingerprint density at radius 1 is 1.08 bits per heavy atom. The van der Waals surface area contributed by atoms with Crippen LogP contribution < -0.4 is 10.6 Å². The molecule has 3 aromatic rings. The zero-order valence-corrected chi connectivity index (χ0v) is 13.9. The highest BCUT2D eigenvalue weighted by Crippen LogP contribution is 2.24. The van der Waals surface area contributed by atoms with Gasteiger partial charge in [0.1, 0.15) is 5.82 Å². The molecule has 1 amide bonds. The molecule has 0 bridgehead atoms. The first kappa shape index (κ1) is 16.9. The molecular formula is C19H15ClFN3O. The van der Waals surface area contributed by atoms with E-state index in [2.05, 4.69) is 15.6 Å². The summed E-state index contributed by atoms with van der Waals surface area (Å²) in [5.41, 5.74) is 2.62. The summed E-state index contributed by atoms with van der Waals surface area (Å²) in [5.74, 6) is -0.572. The quantitative estimate of drug-likeness (QED) is 0.706.